The molecule has 3 aromatic carbocycles. The van der Waals surface area contributed by atoms with Crippen molar-refractivity contribution in [1.82, 2.24) is 5.32 Å². The molecule has 0 saturated carbocycles. The molecule has 1 aliphatic rings. The second kappa shape index (κ2) is 13.2. The van der Waals surface area contributed by atoms with Crippen LogP contribution in [0.2, 0.25) is 0 Å². The van der Waals surface area contributed by atoms with Crippen molar-refractivity contribution in [2.24, 2.45) is 0 Å². The number of rotatable bonds is 13. The number of carbonyl (C=O) groups excluding carboxylic acids is 1. The Morgan fingerprint density at radius 3 is 2.34 bits per heavy atom. The van der Waals surface area contributed by atoms with Gasteiger partial charge in [-0.15, -0.1) is 0 Å². The van der Waals surface area contributed by atoms with Crippen LogP contribution in [0, 0.1) is 0 Å². The highest BCUT2D eigenvalue weighted by Gasteiger charge is 2.47. The number of hydrogen-bond donors (Lipinski definition) is 2. The molecule has 8 heteroatoms. The zero-order chi connectivity index (χ0) is 26.8. The molecule has 202 valence electrons. The van der Waals surface area contributed by atoms with Crippen LogP contribution in [-0.2, 0) is 16.1 Å². The van der Waals surface area contributed by atoms with E-state index in [0.29, 0.717) is 30.3 Å². The molecule has 4 rings (SSSR count). The van der Waals surface area contributed by atoms with E-state index in [2.05, 4.69) is 5.32 Å². The lowest BCUT2D eigenvalue weighted by molar-refractivity contribution is -0.168. The number of para-hydroxylation sites is 2. The van der Waals surface area contributed by atoms with E-state index in [1.807, 2.05) is 73.7 Å². The molecule has 2 N–H and O–H groups in total. The number of ether oxygens (including phenoxy) is 5. The van der Waals surface area contributed by atoms with Crippen LogP contribution in [0.1, 0.15) is 25.8 Å². The van der Waals surface area contributed by atoms with E-state index >= 15 is 0 Å². The lowest BCUT2D eigenvalue weighted by Gasteiger charge is -2.37. The molecular formula is C30H35NO7. The summed E-state index contributed by atoms with van der Waals surface area (Å²) in [6.45, 7) is 4.84. The van der Waals surface area contributed by atoms with E-state index in [1.54, 1.807) is 19.1 Å². The first-order valence-electron chi connectivity index (χ1n) is 12.9. The van der Waals surface area contributed by atoms with Gasteiger partial charge in [-0.1, -0.05) is 42.5 Å². The van der Waals surface area contributed by atoms with Gasteiger partial charge < -0.3 is 34.1 Å². The van der Waals surface area contributed by atoms with E-state index in [-0.39, 0.29) is 32.4 Å². The van der Waals surface area contributed by atoms with Gasteiger partial charge in [-0.25, -0.2) is 4.79 Å². The average Bonchev–Trinajstić information content (AvgIpc) is 2.95. The summed E-state index contributed by atoms with van der Waals surface area (Å²) in [4.78, 5) is 12.9. The molecule has 1 heterocycles. The summed E-state index contributed by atoms with van der Waals surface area (Å²) >= 11 is 0. The number of nitrogens with one attached hydrogen (secondary N) is 1. The number of aliphatic hydroxyl groups excluding tert-OH is 1. The van der Waals surface area contributed by atoms with Gasteiger partial charge in [0.15, 0.2) is 11.5 Å². The van der Waals surface area contributed by atoms with E-state index < -0.39 is 17.7 Å². The highest BCUT2D eigenvalue weighted by molar-refractivity contribution is 5.81. The highest BCUT2D eigenvalue weighted by Crippen LogP contribution is 2.37. The summed E-state index contributed by atoms with van der Waals surface area (Å²) in [5.74, 6) is 2.00. The van der Waals surface area contributed by atoms with Crippen molar-refractivity contribution in [2.75, 3.05) is 26.4 Å². The molecule has 38 heavy (non-hydrogen) atoms. The predicted molar refractivity (Wildman–Crippen MR) is 143 cm³/mol. The molecular weight excluding hydrogens is 486 g/mol. The van der Waals surface area contributed by atoms with Gasteiger partial charge in [0.05, 0.1) is 6.61 Å². The monoisotopic (exact) mass is 521 g/mol. The number of esters is 1. The molecule has 0 radical (unpaired) electrons. The van der Waals surface area contributed by atoms with E-state index in [4.69, 9.17) is 23.7 Å². The van der Waals surface area contributed by atoms with Crippen molar-refractivity contribution < 1.29 is 33.6 Å². The molecule has 0 unspecified atom stereocenters. The van der Waals surface area contributed by atoms with Crippen molar-refractivity contribution in [2.45, 2.75) is 44.6 Å². The average molecular weight is 522 g/mol. The molecule has 0 bridgehead atoms. The quantitative estimate of drug-likeness (QED) is 0.324. The van der Waals surface area contributed by atoms with Crippen LogP contribution < -0.4 is 24.3 Å². The summed E-state index contributed by atoms with van der Waals surface area (Å²) < 4.78 is 28.8. The predicted octanol–water partition coefficient (Wildman–Crippen LogP) is 4.15. The Morgan fingerprint density at radius 1 is 0.974 bits per heavy atom. The van der Waals surface area contributed by atoms with Gasteiger partial charge in [0, 0.05) is 19.0 Å². The Bertz CT molecular complexity index is 1150. The van der Waals surface area contributed by atoms with Gasteiger partial charge in [-0.05, 0) is 55.8 Å². The Kier molecular flexibility index (Phi) is 9.46. The van der Waals surface area contributed by atoms with Crippen molar-refractivity contribution in [3.63, 3.8) is 0 Å². The minimum atomic E-state index is -1.28. The second-order valence-corrected chi connectivity index (χ2v) is 9.28. The maximum absolute atomic E-state index is 12.9. The Balaban J connectivity index is 1.23. The zero-order valence-electron chi connectivity index (χ0n) is 21.8. The molecule has 0 aromatic heterocycles. The second-order valence-electron chi connectivity index (χ2n) is 9.28. The Hall–Kier alpha value is -3.75. The number of aliphatic hydroxyl groups is 1. The lowest BCUT2D eigenvalue weighted by Crippen LogP contribution is -2.56. The van der Waals surface area contributed by atoms with Gasteiger partial charge in [-0.3, -0.25) is 0 Å². The Morgan fingerprint density at radius 2 is 1.63 bits per heavy atom. The fourth-order valence-electron chi connectivity index (χ4n) is 4.16. The summed E-state index contributed by atoms with van der Waals surface area (Å²) in [7, 11) is 0. The van der Waals surface area contributed by atoms with Gasteiger partial charge in [0.2, 0.25) is 5.60 Å². The Labute approximate surface area is 223 Å². The number of hydrogen-bond acceptors (Lipinski definition) is 8. The molecule has 0 spiro atoms. The SMILES string of the molecule is CCOC(=O)[C@@]1(C[C@@H](C)NC[C@H](O)COc2ccc(OCc3ccccc3)cc2)COc2ccccc2O1. The fourth-order valence-corrected chi connectivity index (χ4v) is 4.16. The number of benzene rings is 3. The maximum Gasteiger partial charge on any atom is 0.354 e. The van der Waals surface area contributed by atoms with Crippen molar-refractivity contribution >= 4 is 5.97 Å². The lowest BCUT2D eigenvalue weighted by atomic mass is 9.94. The molecule has 0 saturated heterocycles. The van der Waals surface area contributed by atoms with Crippen molar-refractivity contribution in [3.8, 4) is 23.0 Å². The summed E-state index contributed by atoms with van der Waals surface area (Å²) in [5, 5.41) is 13.7. The van der Waals surface area contributed by atoms with Crippen LogP contribution in [0.15, 0.2) is 78.9 Å². The zero-order valence-corrected chi connectivity index (χ0v) is 21.8. The minimum Gasteiger partial charge on any atom is -0.491 e. The van der Waals surface area contributed by atoms with Crippen LogP contribution >= 0.6 is 0 Å². The largest absolute Gasteiger partial charge is 0.491 e. The highest BCUT2D eigenvalue weighted by atomic mass is 16.6. The first kappa shape index (κ1) is 27.3. The van der Waals surface area contributed by atoms with Crippen LogP contribution in [0.5, 0.6) is 23.0 Å². The van der Waals surface area contributed by atoms with Gasteiger partial charge in [0.1, 0.15) is 37.4 Å². The van der Waals surface area contributed by atoms with Crippen LogP contribution in [0.4, 0.5) is 0 Å². The maximum atomic E-state index is 12.9. The van der Waals surface area contributed by atoms with Crippen LogP contribution in [0.25, 0.3) is 0 Å². The molecule has 3 atom stereocenters. The van der Waals surface area contributed by atoms with Crippen LogP contribution in [0.3, 0.4) is 0 Å². The fraction of sp³-hybridized carbons (Fsp3) is 0.367. The molecule has 8 nitrogen and oxygen atoms in total. The third-order valence-electron chi connectivity index (χ3n) is 6.12. The van der Waals surface area contributed by atoms with E-state index in [1.165, 1.54) is 0 Å². The normalized spacial score (nSPS) is 17.8. The molecule has 0 amide bonds. The van der Waals surface area contributed by atoms with Crippen molar-refractivity contribution in [1.29, 1.82) is 0 Å². The van der Waals surface area contributed by atoms with Gasteiger partial charge in [0.25, 0.3) is 0 Å². The summed E-state index contributed by atoms with van der Waals surface area (Å²) in [5.41, 5.74) is -0.180. The molecule has 3 aromatic rings. The summed E-state index contributed by atoms with van der Waals surface area (Å²) in [6.07, 6.45) is -0.452. The van der Waals surface area contributed by atoms with E-state index in [0.717, 1.165) is 11.3 Å². The van der Waals surface area contributed by atoms with Gasteiger partial charge in [-0.2, -0.15) is 0 Å². The third-order valence-corrected chi connectivity index (χ3v) is 6.12. The number of fused-ring (bicyclic) bond motifs is 1. The molecule has 0 aliphatic carbocycles. The topological polar surface area (TPSA) is 95.5 Å². The molecule has 0 fully saturated rings. The first-order chi connectivity index (χ1) is 18.5. The standard InChI is InChI=1S/C30H35NO7/c1-3-34-29(33)30(21-37-27-11-7-8-12-28(27)38-30)17-22(2)31-18-24(32)20-36-26-15-13-25(14-16-26)35-19-23-9-5-4-6-10-23/h4-16,22,24,31-32H,3,17-21H2,1-2H3/t22-,24+,30-/m1/s1. The summed E-state index contributed by atoms with van der Waals surface area (Å²) in [6, 6.07) is 24.3. The third kappa shape index (κ3) is 7.40. The van der Waals surface area contributed by atoms with Crippen LogP contribution in [-0.4, -0.2) is 55.2 Å². The number of carbonyl (C=O) groups is 1. The first-order valence-corrected chi connectivity index (χ1v) is 12.9. The van der Waals surface area contributed by atoms with Gasteiger partial charge >= 0.3 is 5.97 Å². The molecule has 1 aliphatic heterocycles. The van der Waals surface area contributed by atoms with E-state index in [9.17, 15) is 9.90 Å². The smallest absolute Gasteiger partial charge is 0.354 e. The van der Waals surface area contributed by atoms with Crippen molar-refractivity contribution in [3.05, 3.63) is 84.4 Å². The minimum absolute atomic E-state index is 0.0472.